The predicted molar refractivity (Wildman–Crippen MR) is 147 cm³/mol. The highest BCUT2D eigenvalue weighted by atomic mass is 15.0. The summed E-state index contributed by atoms with van der Waals surface area (Å²) in [4.78, 5) is 0. The van der Waals surface area contributed by atoms with E-state index >= 15 is 0 Å². The first-order valence-electron chi connectivity index (χ1n) is 13.9. The Hall–Kier alpha value is -2.02. The molecule has 1 atom stereocenters. The molecule has 1 aliphatic carbocycles. The Kier molecular flexibility index (Phi) is 11.1. The van der Waals surface area contributed by atoms with Gasteiger partial charge in [0.1, 0.15) is 0 Å². The topological polar surface area (TPSA) is 12.0 Å². The molecule has 0 heterocycles. The van der Waals surface area contributed by atoms with Crippen molar-refractivity contribution >= 4 is 11.8 Å². The van der Waals surface area contributed by atoms with E-state index in [0.717, 1.165) is 6.42 Å². The molecule has 0 radical (unpaired) electrons. The summed E-state index contributed by atoms with van der Waals surface area (Å²) in [5.74, 6) is 0. The quantitative estimate of drug-likeness (QED) is 0.253. The average Bonchev–Trinajstić information content (AvgIpc) is 2.85. The first-order valence-corrected chi connectivity index (χ1v) is 13.9. The Bertz CT molecular complexity index is 819. The third-order valence-electron chi connectivity index (χ3n) is 7.35. The monoisotopic (exact) mass is 445 g/mol. The van der Waals surface area contributed by atoms with E-state index in [-0.39, 0.29) is 5.54 Å². The molecule has 1 heteroatoms. The summed E-state index contributed by atoms with van der Waals surface area (Å²) in [6, 6.07) is 18.3. The van der Waals surface area contributed by atoms with Gasteiger partial charge in [0.2, 0.25) is 0 Å². The highest BCUT2D eigenvalue weighted by molar-refractivity contribution is 5.62. The third kappa shape index (κ3) is 8.05. The molecule has 0 saturated carbocycles. The van der Waals surface area contributed by atoms with Crippen LogP contribution in [0.2, 0.25) is 0 Å². The molecule has 0 amide bonds. The number of hydrogen-bond acceptors (Lipinski definition) is 1. The summed E-state index contributed by atoms with van der Waals surface area (Å²) in [5, 5.41) is 4.02. The lowest BCUT2D eigenvalue weighted by atomic mass is 9.76. The highest BCUT2D eigenvalue weighted by Crippen LogP contribution is 2.40. The molecular weight excluding hydrogens is 398 g/mol. The number of hydrogen-bond donors (Lipinski definition) is 1. The average molecular weight is 446 g/mol. The van der Waals surface area contributed by atoms with Crippen molar-refractivity contribution in [1.29, 1.82) is 0 Å². The van der Waals surface area contributed by atoms with E-state index in [9.17, 15) is 0 Å². The summed E-state index contributed by atoms with van der Waals surface area (Å²) >= 11 is 0. The Balaban J connectivity index is 1.61. The summed E-state index contributed by atoms with van der Waals surface area (Å²) in [6.07, 6.45) is 24.4. The van der Waals surface area contributed by atoms with Crippen LogP contribution in [0.15, 0.2) is 54.6 Å². The van der Waals surface area contributed by atoms with Gasteiger partial charge in [0.05, 0.1) is 5.54 Å². The molecular formula is C32H47N. The van der Waals surface area contributed by atoms with Gasteiger partial charge in [-0.05, 0) is 54.5 Å². The number of aryl methyl sites for hydroxylation is 1. The fraction of sp³-hybridized carbons (Fsp3) is 0.562. The molecule has 3 rings (SSSR count). The second-order valence-electron chi connectivity index (χ2n) is 10.1. The molecule has 2 aromatic carbocycles. The van der Waals surface area contributed by atoms with E-state index in [0.29, 0.717) is 0 Å². The standard InChI is InChI=1S/C32H47N/c1-3-5-7-9-11-13-18-28-22-24-30(25-23-28)33-32(26-16-12-10-8-6-4-2)27-17-20-29-19-14-15-21-31(29)32/h14-15,17,19-25,33H,3-13,16,18,26-27H2,1-2H3. The van der Waals surface area contributed by atoms with Crippen LogP contribution in [0.25, 0.3) is 6.08 Å². The van der Waals surface area contributed by atoms with E-state index in [2.05, 4.69) is 79.8 Å². The van der Waals surface area contributed by atoms with Gasteiger partial charge >= 0.3 is 0 Å². The minimum absolute atomic E-state index is 0.0108. The minimum Gasteiger partial charge on any atom is -0.375 e. The van der Waals surface area contributed by atoms with Crippen LogP contribution in [-0.4, -0.2) is 0 Å². The normalized spacial score (nSPS) is 17.2. The second kappa shape index (κ2) is 14.3. The van der Waals surface area contributed by atoms with Gasteiger partial charge in [-0.3, -0.25) is 0 Å². The second-order valence-corrected chi connectivity index (χ2v) is 10.1. The molecule has 0 saturated heterocycles. The molecule has 1 unspecified atom stereocenters. The molecule has 33 heavy (non-hydrogen) atoms. The van der Waals surface area contributed by atoms with Crippen molar-refractivity contribution in [2.45, 2.75) is 116 Å². The Morgan fingerprint density at radius 3 is 2.06 bits per heavy atom. The number of unbranched alkanes of at least 4 members (excludes halogenated alkanes) is 10. The SMILES string of the molecule is CCCCCCCCc1ccc(NC2(CCCCCCCC)CC=Cc3ccccc32)cc1. The van der Waals surface area contributed by atoms with Crippen LogP contribution in [0, 0.1) is 0 Å². The number of rotatable bonds is 16. The van der Waals surface area contributed by atoms with Crippen molar-refractivity contribution in [2.75, 3.05) is 5.32 Å². The Morgan fingerprint density at radius 2 is 1.33 bits per heavy atom. The zero-order chi connectivity index (χ0) is 23.2. The maximum atomic E-state index is 4.02. The van der Waals surface area contributed by atoms with Gasteiger partial charge in [-0.1, -0.05) is 133 Å². The van der Waals surface area contributed by atoms with Crippen LogP contribution in [-0.2, 0) is 12.0 Å². The van der Waals surface area contributed by atoms with Crippen molar-refractivity contribution in [3.05, 3.63) is 71.3 Å². The zero-order valence-electron chi connectivity index (χ0n) is 21.4. The van der Waals surface area contributed by atoms with Crippen LogP contribution in [0.4, 0.5) is 5.69 Å². The molecule has 0 aromatic heterocycles. The number of nitrogens with one attached hydrogen (secondary N) is 1. The fourth-order valence-corrected chi connectivity index (χ4v) is 5.34. The molecule has 1 aliphatic rings. The van der Waals surface area contributed by atoms with Crippen LogP contribution in [0.1, 0.15) is 120 Å². The molecule has 180 valence electrons. The smallest absolute Gasteiger partial charge is 0.0665 e. The fourth-order valence-electron chi connectivity index (χ4n) is 5.34. The highest BCUT2D eigenvalue weighted by Gasteiger charge is 2.34. The van der Waals surface area contributed by atoms with Crippen molar-refractivity contribution in [1.82, 2.24) is 0 Å². The lowest BCUT2D eigenvalue weighted by molar-refractivity contribution is 0.420. The zero-order valence-corrected chi connectivity index (χ0v) is 21.4. The Labute approximate surface area is 204 Å². The van der Waals surface area contributed by atoms with E-state index in [1.165, 1.54) is 112 Å². The molecule has 0 spiro atoms. The molecule has 0 bridgehead atoms. The van der Waals surface area contributed by atoms with Crippen LogP contribution >= 0.6 is 0 Å². The molecule has 1 nitrogen and oxygen atoms in total. The van der Waals surface area contributed by atoms with Crippen LogP contribution < -0.4 is 5.32 Å². The minimum atomic E-state index is 0.0108. The molecule has 1 N–H and O–H groups in total. The predicted octanol–water partition coefficient (Wildman–Crippen LogP) is 10.1. The third-order valence-corrected chi connectivity index (χ3v) is 7.35. The maximum absolute atomic E-state index is 4.02. The number of anilines is 1. The first kappa shape index (κ1) is 25.6. The van der Waals surface area contributed by atoms with Crippen LogP contribution in [0.5, 0.6) is 0 Å². The largest absolute Gasteiger partial charge is 0.375 e. The maximum Gasteiger partial charge on any atom is 0.0665 e. The van der Waals surface area contributed by atoms with E-state index in [4.69, 9.17) is 0 Å². The van der Waals surface area contributed by atoms with E-state index in [1.54, 1.807) is 0 Å². The van der Waals surface area contributed by atoms with Gasteiger partial charge in [0, 0.05) is 5.69 Å². The van der Waals surface area contributed by atoms with E-state index in [1.807, 2.05) is 0 Å². The molecule has 2 aromatic rings. The van der Waals surface area contributed by atoms with Crippen LogP contribution in [0.3, 0.4) is 0 Å². The van der Waals surface area contributed by atoms with Gasteiger partial charge < -0.3 is 5.32 Å². The van der Waals surface area contributed by atoms with Crippen molar-refractivity contribution < 1.29 is 0 Å². The summed E-state index contributed by atoms with van der Waals surface area (Å²) in [5.41, 5.74) is 5.60. The van der Waals surface area contributed by atoms with E-state index < -0.39 is 0 Å². The Morgan fingerprint density at radius 1 is 0.697 bits per heavy atom. The van der Waals surface area contributed by atoms with Gasteiger partial charge in [0.15, 0.2) is 0 Å². The number of fused-ring (bicyclic) bond motifs is 1. The van der Waals surface area contributed by atoms with Gasteiger partial charge in [-0.15, -0.1) is 0 Å². The summed E-state index contributed by atoms with van der Waals surface area (Å²) in [6.45, 7) is 4.58. The summed E-state index contributed by atoms with van der Waals surface area (Å²) < 4.78 is 0. The van der Waals surface area contributed by atoms with Crippen molar-refractivity contribution in [2.24, 2.45) is 0 Å². The number of benzene rings is 2. The van der Waals surface area contributed by atoms with Crippen molar-refractivity contribution in [3.63, 3.8) is 0 Å². The first-order chi connectivity index (χ1) is 16.3. The van der Waals surface area contributed by atoms with Crippen molar-refractivity contribution in [3.8, 4) is 0 Å². The summed E-state index contributed by atoms with van der Waals surface area (Å²) in [7, 11) is 0. The molecule has 0 fully saturated rings. The lowest BCUT2D eigenvalue weighted by Crippen LogP contribution is -2.37. The molecule has 0 aliphatic heterocycles. The van der Waals surface area contributed by atoms with Gasteiger partial charge in [-0.25, -0.2) is 0 Å². The van der Waals surface area contributed by atoms with Gasteiger partial charge in [-0.2, -0.15) is 0 Å². The lowest BCUT2D eigenvalue weighted by Gasteiger charge is -2.39. The van der Waals surface area contributed by atoms with Gasteiger partial charge in [0.25, 0.3) is 0 Å².